The number of aliphatic hydroxyl groups is 5. The van der Waals surface area contributed by atoms with Gasteiger partial charge in [0.1, 0.15) is 24.4 Å². The van der Waals surface area contributed by atoms with Crippen molar-refractivity contribution in [2.45, 2.75) is 294 Å². The molecule has 1 amide bonds. The van der Waals surface area contributed by atoms with Crippen LogP contribution in [0.2, 0.25) is 0 Å². The van der Waals surface area contributed by atoms with Crippen LogP contribution in [0.4, 0.5) is 0 Å². The quantitative estimate of drug-likeness (QED) is 0.0262. The first kappa shape index (κ1) is 58.7. The Morgan fingerprint density at radius 1 is 0.548 bits per heavy atom. The number of hydrogen-bond acceptors (Lipinski definition) is 8. The molecule has 62 heavy (non-hydrogen) atoms. The molecular formula is C53H101NO8. The fourth-order valence-corrected chi connectivity index (χ4v) is 8.57. The van der Waals surface area contributed by atoms with E-state index < -0.39 is 49.5 Å². The lowest BCUT2D eigenvalue weighted by atomic mass is 9.99. The van der Waals surface area contributed by atoms with Crippen molar-refractivity contribution in [3.8, 4) is 0 Å². The molecule has 0 bridgehead atoms. The third-order valence-corrected chi connectivity index (χ3v) is 12.8. The standard InChI is InChI=1S/C53H101NO8/c1-3-5-7-9-11-13-15-17-19-21-23-25-26-28-30-32-34-36-38-40-42-47(56)46(45-61-53-52(60)51(59)50(58)48(44-55)62-53)54-49(57)43-41-39-37-35-33-31-29-27-24-22-20-18-16-14-12-10-8-6-4-2/h12,14,16,18,46-48,50-53,55-56,58-60H,3-11,13,15,17,19-45H2,1-2H3,(H,54,57)/b14-12-,18-16-. The lowest BCUT2D eigenvalue weighted by Gasteiger charge is -2.40. The molecule has 1 aliphatic rings. The highest BCUT2D eigenvalue weighted by Gasteiger charge is 2.44. The minimum Gasteiger partial charge on any atom is -0.394 e. The molecule has 9 heteroatoms. The lowest BCUT2D eigenvalue weighted by molar-refractivity contribution is -0.302. The molecule has 0 spiro atoms. The zero-order chi connectivity index (χ0) is 45.1. The Hall–Kier alpha value is -1.33. The van der Waals surface area contributed by atoms with E-state index in [1.807, 2.05) is 0 Å². The summed E-state index contributed by atoms with van der Waals surface area (Å²) >= 11 is 0. The maximum Gasteiger partial charge on any atom is 0.220 e. The summed E-state index contributed by atoms with van der Waals surface area (Å²) in [5.41, 5.74) is 0. The van der Waals surface area contributed by atoms with Gasteiger partial charge in [0, 0.05) is 6.42 Å². The van der Waals surface area contributed by atoms with E-state index >= 15 is 0 Å². The summed E-state index contributed by atoms with van der Waals surface area (Å²) in [5.74, 6) is -0.146. The van der Waals surface area contributed by atoms with Crippen LogP contribution in [0.25, 0.3) is 0 Å². The fraction of sp³-hybridized carbons (Fsp3) is 0.906. The van der Waals surface area contributed by atoms with Crippen molar-refractivity contribution in [1.29, 1.82) is 0 Å². The normalized spacial score (nSPS) is 20.4. The number of hydrogen-bond donors (Lipinski definition) is 6. The number of ether oxygens (including phenoxy) is 2. The van der Waals surface area contributed by atoms with Crippen molar-refractivity contribution < 1.29 is 39.8 Å². The molecule has 0 aromatic heterocycles. The molecule has 0 radical (unpaired) electrons. The van der Waals surface area contributed by atoms with Crippen LogP contribution in [0.5, 0.6) is 0 Å². The highest BCUT2D eigenvalue weighted by molar-refractivity contribution is 5.76. The Bertz CT molecular complexity index is 1020. The zero-order valence-corrected chi connectivity index (χ0v) is 40.4. The van der Waals surface area contributed by atoms with Crippen molar-refractivity contribution in [3.05, 3.63) is 24.3 Å². The number of allylic oxidation sites excluding steroid dienone is 4. The SMILES string of the molecule is CCCCC/C=C\C=C/CCCCCCCCCCCCC(=O)NC(COC1OC(CO)C(O)C(O)C1O)C(O)CCCCCCCCCCCCCCCCCCCCCC. The maximum atomic E-state index is 13.0. The summed E-state index contributed by atoms with van der Waals surface area (Å²) < 4.78 is 11.3. The topological polar surface area (TPSA) is 149 Å². The van der Waals surface area contributed by atoms with Gasteiger partial charge in [-0.1, -0.05) is 231 Å². The molecule has 1 heterocycles. The van der Waals surface area contributed by atoms with E-state index in [-0.39, 0.29) is 12.5 Å². The third-order valence-electron chi connectivity index (χ3n) is 12.8. The molecule has 1 rings (SSSR count). The number of unbranched alkanes of at least 4 members (excludes halogenated alkanes) is 32. The van der Waals surface area contributed by atoms with E-state index in [4.69, 9.17) is 9.47 Å². The minimum atomic E-state index is -1.55. The molecule has 0 saturated carbocycles. The van der Waals surface area contributed by atoms with Gasteiger partial charge in [0.05, 0.1) is 25.4 Å². The van der Waals surface area contributed by atoms with Crippen LogP contribution in [0.3, 0.4) is 0 Å². The van der Waals surface area contributed by atoms with Crippen LogP contribution >= 0.6 is 0 Å². The van der Waals surface area contributed by atoms with Gasteiger partial charge in [0.15, 0.2) is 6.29 Å². The Balaban J connectivity index is 2.25. The first-order chi connectivity index (χ1) is 30.3. The molecule has 0 aromatic carbocycles. The van der Waals surface area contributed by atoms with Gasteiger partial charge in [-0.05, 0) is 38.5 Å². The Morgan fingerprint density at radius 2 is 0.935 bits per heavy atom. The molecule has 6 N–H and O–H groups in total. The van der Waals surface area contributed by atoms with Gasteiger partial charge in [-0.25, -0.2) is 0 Å². The van der Waals surface area contributed by atoms with E-state index in [2.05, 4.69) is 43.5 Å². The number of amides is 1. The second-order valence-electron chi connectivity index (χ2n) is 18.7. The molecule has 7 atom stereocenters. The predicted molar refractivity (Wildman–Crippen MR) is 258 cm³/mol. The Morgan fingerprint density at radius 3 is 1.39 bits per heavy atom. The van der Waals surface area contributed by atoms with Gasteiger partial charge < -0.3 is 40.3 Å². The molecule has 1 fully saturated rings. The Labute approximate surface area is 381 Å². The summed E-state index contributed by atoms with van der Waals surface area (Å²) in [7, 11) is 0. The highest BCUT2D eigenvalue weighted by Crippen LogP contribution is 2.23. The van der Waals surface area contributed by atoms with Crippen molar-refractivity contribution in [2.24, 2.45) is 0 Å². The average Bonchev–Trinajstić information content (AvgIpc) is 3.27. The van der Waals surface area contributed by atoms with E-state index in [9.17, 15) is 30.3 Å². The minimum absolute atomic E-state index is 0.137. The summed E-state index contributed by atoms with van der Waals surface area (Å²) in [5, 5.41) is 54.6. The van der Waals surface area contributed by atoms with Crippen molar-refractivity contribution in [2.75, 3.05) is 13.2 Å². The van der Waals surface area contributed by atoms with Crippen LogP contribution < -0.4 is 5.32 Å². The largest absolute Gasteiger partial charge is 0.394 e. The summed E-state index contributed by atoms with van der Waals surface area (Å²) in [6, 6.07) is -0.719. The van der Waals surface area contributed by atoms with Crippen molar-refractivity contribution in [3.63, 3.8) is 0 Å². The molecule has 366 valence electrons. The van der Waals surface area contributed by atoms with E-state index in [1.54, 1.807) is 0 Å². The number of nitrogens with one attached hydrogen (secondary N) is 1. The smallest absolute Gasteiger partial charge is 0.220 e. The molecule has 0 aromatic rings. The number of carbonyl (C=O) groups is 1. The maximum absolute atomic E-state index is 13.0. The molecule has 1 aliphatic heterocycles. The van der Waals surface area contributed by atoms with E-state index in [0.29, 0.717) is 12.8 Å². The highest BCUT2D eigenvalue weighted by atomic mass is 16.7. The molecule has 9 nitrogen and oxygen atoms in total. The average molecular weight is 880 g/mol. The summed E-state index contributed by atoms with van der Waals surface area (Å²) in [4.78, 5) is 13.0. The van der Waals surface area contributed by atoms with Gasteiger partial charge in [0.25, 0.3) is 0 Å². The van der Waals surface area contributed by atoms with Crippen molar-refractivity contribution >= 4 is 5.91 Å². The third kappa shape index (κ3) is 33.2. The van der Waals surface area contributed by atoms with Crippen molar-refractivity contribution in [1.82, 2.24) is 5.32 Å². The molecule has 0 aliphatic carbocycles. The molecular weight excluding hydrogens is 779 g/mol. The van der Waals surface area contributed by atoms with Gasteiger partial charge in [-0.3, -0.25) is 4.79 Å². The second kappa shape index (κ2) is 43.6. The Kier molecular flexibility index (Phi) is 41.2. The number of aliphatic hydroxyl groups excluding tert-OH is 5. The van der Waals surface area contributed by atoms with E-state index in [0.717, 1.165) is 44.9 Å². The first-order valence-electron chi connectivity index (χ1n) is 26.6. The molecule has 7 unspecified atom stereocenters. The molecule has 1 saturated heterocycles. The predicted octanol–water partition coefficient (Wildman–Crippen LogP) is 12.2. The van der Waals surface area contributed by atoms with Crippen LogP contribution in [-0.2, 0) is 14.3 Å². The van der Waals surface area contributed by atoms with E-state index in [1.165, 1.54) is 180 Å². The van der Waals surface area contributed by atoms with Crippen LogP contribution in [0, 0.1) is 0 Å². The summed E-state index contributed by atoms with van der Waals surface area (Å²) in [6.45, 7) is 3.83. The van der Waals surface area contributed by atoms with Gasteiger partial charge in [-0.15, -0.1) is 0 Å². The summed E-state index contributed by atoms with van der Waals surface area (Å²) in [6.07, 6.45) is 46.1. The fourth-order valence-electron chi connectivity index (χ4n) is 8.57. The number of carbonyl (C=O) groups excluding carboxylic acids is 1. The van der Waals surface area contributed by atoms with Gasteiger partial charge in [-0.2, -0.15) is 0 Å². The van der Waals surface area contributed by atoms with Gasteiger partial charge >= 0.3 is 0 Å². The van der Waals surface area contributed by atoms with Crippen LogP contribution in [0.15, 0.2) is 24.3 Å². The lowest BCUT2D eigenvalue weighted by Crippen LogP contribution is -2.60. The van der Waals surface area contributed by atoms with Gasteiger partial charge in [0.2, 0.25) is 5.91 Å². The monoisotopic (exact) mass is 880 g/mol. The van der Waals surface area contributed by atoms with Crippen LogP contribution in [0.1, 0.15) is 251 Å². The first-order valence-corrected chi connectivity index (χ1v) is 26.6. The van der Waals surface area contributed by atoms with Crippen LogP contribution in [-0.4, -0.2) is 87.5 Å². The number of rotatable bonds is 45. The second-order valence-corrected chi connectivity index (χ2v) is 18.7. The zero-order valence-electron chi connectivity index (χ0n) is 40.4.